The fourth-order valence-electron chi connectivity index (χ4n) is 11.3. The van der Waals surface area contributed by atoms with Crippen LogP contribution in [0.3, 0.4) is 0 Å². The van der Waals surface area contributed by atoms with Crippen LogP contribution in [0.5, 0.6) is 0 Å². The number of fused-ring (bicyclic) bond motifs is 5. The third kappa shape index (κ3) is 7.66. The number of benzene rings is 1. The van der Waals surface area contributed by atoms with Gasteiger partial charge in [-0.15, -0.1) is 0 Å². The quantitative estimate of drug-likeness (QED) is 0.186. The maximum atomic E-state index is 7.34. The van der Waals surface area contributed by atoms with E-state index in [4.69, 9.17) is 19.7 Å². The van der Waals surface area contributed by atoms with Crippen molar-refractivity contribution in [2.24, 2.45) is 29.6 Å². The normalized spacial score (nSPS) is 29.4. The summed E-state index contributed by atoms with van der Waals surface area (Å²) in [6.45, 7) is 2.23. The van der Waals surface area contributed by atoms with Crippen LogP contribution in [-0.2, 0) is 4.74 Å². The molecule has 5 nitrogen and oxygen atoms in total. The SMILES string of the molecule is C/C(=C(\C=C/CC1CC=CC=C1C1C=CC=CC1)C1C=CCC2C3=CC4C5=C(CCC=C5)N(C5C=CC=CC=C5)C4C=C3OC21)c1nc(C2=CC=CCC2)nc(-c2ccccc2)n1. The van der Waals surface area contributed by atoms with Crippen molar-refractivity contribution in [1.29, 1.82) is 0 Å². The van der Waals surface area contributed by atoms with Crippen LogP contribution in [0.1, 0.15) is 69.9 Å². The minimum absolute atomic E-state index is 0.0105. The van der Waals surface area contributed by atoms with E-state index < -0.39 is 0 Å². The molecule has 7 aliphatic carbocycles. The maximum Gasteiger partial charge on any atom is 0.164 e. The first-order chi connectivity index (χ1) is 31.2. The highest BCUT2D eigenvalue weighted by atomic mass is 16.5. The molecule has 0 amide bonds. The molecule has 0 spiro atoms. The van der Waals surface area contributed by atoms with E-state index in [0.717, 1.165) is 85.5 Å². The third-order valence-corrected chi connectivity index (χ3v) is 14.5. The van der Waals surface area contributed by atoms with E-state index in [0.29, 0.717) is 23.6 Å². The predicted octanol–water partition coefficient (Wildman–Crippen LogP) is 13.0. The average Bonchev–Trinajstić information content (AvgIpc) is 3.74. The molecule has 1 fully saturated rings. The van der Waals surface area contributed by atoms with Crippen molar-refractivity contribution >= 4 is 11.1 Å². The van der Waals surface area contributed by atoms with Crippen LogP contribution >= 0.6 is 0 Å². The van der Waals surface area contributed by atoms with E-state index in [1.165, 1.54) is 28.0 Å². The van der Waals surface area contributed by atoms with Crippen LogP contribution in [0, 0.1) is 29.6 Å². The third-order valence-electron chi connectivity index (χ3n) is 14.5. The zero-order valence-corrected chi connectivity index (χ0v) is 36.2. The van der Waals surface area contributed by atoms with Gasteiger partial charge in [0.25, 0.3) is 0 Å². The van der Waals surface area contributed by atoms with Crippen molar-refractivity contribution in [2.75, 3.05) is 0 Å². The number of aromatic nitrogens is 3. The Morgan fingerprint density at radius 3 is 2.43 bits per heavy atom. The summed E-state index contributed by atoms with van der Waals surface area (Å²) in [7, 11) is 0. The van der Waals surface area contributed by atoms with Gasteiger partial charge in [0.15, 0.2) is 17.5 Å². The van der Waals surface area contributed by atoms with Gasteiger partial charge in [-0.3, -0.25) is 0 Å². The van der Waals surface area contributed by atoms with Gasteiger partial charge in [-0.25, -0.2) is 15.0 Å². The molecule has 1 aromatic heterocycles. The molecule has 0 saturated carbocycles. The van der Waals surface area contributed by atoms with E-state index in [-0.39, 0.29) is 30.0 Å². The largest absolute Gasteiger partial charge is 0.489 e. The molecular formula is C58H56N4O. The summed E-state index contributed by atoms with van der Waals surface area (Å²) < 4.78 is 7.34. The second kappa shape index (κ2) is 17.4. The Morgan fingerprint density at radius 2 is 1.59 bits per heavy atom. The molecule has 11 rings (SSSR count). The Labute approximate surface area is 373 Å². The molecule has 1 saturated heterocycles. The summed E-state index contributed by atoms with van der Waals surface area (Å²) in [6, 6.07) is 10.8. The summed E-state index contributed by atoms with van der Waals surface area (Å²) in [5, 5.41) is 0. The van der Waals surface area contributed by atoms with Crippen LogP contribution in [0.2, 0.25) is 0 Å². The molecule has 0 radical (unpaired) electrons. The van der Waals surface area contributed by atoms with E-state index >= 15 is 0 Å². The summed E-state index contributed by atoms with van der Waals surface area (Å²) in [5.41, 5.74) is 10.3. The summed E-state index contributed by atoms with van der Waals surface area (Å²) in [4.78, 5) is 18.3. The van der Waals surface area contributed by atoms with Crippen molar-refractivity contribution in [3.8, 4) is 11.4 Å². The van der Waals surface area contributed by atoms with Crippen LogP contribution in [0.15, 0.2) is 210 Å². The lowest BCUT2D eigenvalue weighted by Crippen LogP contribution is -2.39. The van der Waals surface area contributed by atoms with Crippen molar-refractivity contribution in [3.63, 3.8) is 0 Å². The van der Waals surface area contributed by atoms with Gasteiger partial charge in [-0.05, 0) is 98.1 Å². The Kier molecular flexibility index (Phi) is 10.9. The second-order valence-corrected chi connectivity index (χ2v) is 18.2. The topological polar surface area (TPSA) is 51.1 Å². The fraction of sp³-hybridized carbons (Fsp3) is 0.293. The van der Waals surface area contributed by atoms with Crippen LogP contribution in [0.4, 0.5) is 0 Å². The number of ether oxygens (including phenoxy) is 1. The number of hydrogen-bond donors (Lipinski definition) is 0. The maximum absolute atomic E-state index is 7.34. The Balaban J connectivity index is 0.985. The monoisotopic (exact) mass is 824 g/mol. The van der Waals surface area contributed by atoms with Crippen molar-refractivity contribution in [1.82, 2.24) is 19.9 Å². The standard InChI is InChI=1S/C58H56N4O/c1-39(56-59-57(42-24-9-5-10-25-42)61-58(60-56)43-26-11-6-12-27-43)45(33-19-28-41-23-15-16-31-46(41)40-21-7-4-8-22-40)48-34-20-35-49-51-37-50-47-32-17-18-36-52(47)62(44-29-13-2-3-14-30-44)53(50)38-54(51)63-55(48)49/h2-11,13-17,19-21,24-26,29-34,37-38,40-41,44,48-50,53,55H,12,18,22-23,27-28,35-36H2,1H3/b33-19-,45-39-. The molecule has 5 heteroatoms. The number of nitrogens with zero attached hydrogens (tertiary/aromatic N) is 4. The molecular weight excluding hydrogens is 769 g/mol. The average molecular weight is 825 g/mol. The summed E-state index contributed by atoms with van der Waals surface area (Å²) in [6.07, 6.45) is 63.5. The van der Waals surface area contributed by atoms with Crippen LogP contribution in [-0.4, -0.2) is 38.0 Å². The molecule has 314 valence electrons. The minimum atomic E-state index is -0.0417. The van der Waals surface area contributed by atoms with Gasteiger partial charge in [-0.1, -0.05) is 176 Å². The van der Waals surface area contributed by atoms with Gasteiger partial charge < -0.3 is 9.64 Å². The zero-order valence-electron chi connectivity index (χ0n) is 36.2. The zero-order chi connectivity index (χ0) is 42.1. The predicted molar refractivity (Wildman–Crippen MR) is 257 cm³/mol. The highest BCUT2D eigenvalue weighted by molar-refractivity contribution is 5.71. The summed E-state index contributed by atoms with van der Waals surface area (Å²) >= 11 is 0. The fourth-order valence-corrected chi connectivity index (χ4v) is 11.3. The molecule has 2 aromatic rings. The Bertz CT molecular complexity index is 2650. The van der Waals surface area contributed by atoms with Gasteiger partial charge >= 0.3 is 0 Å². The lowest BCUT2D eigenvalue weighted by molar-refractivity contribution is 0.0991. The summed E-state index contributed by atoms with van der Waals surface area (Å²) in [5.74, 6) is 4.74. The van der Waals surface area contributed by atoms with Crippen molar-refractivity contribution < 1.29 is 4.74 Å². The highest BCUT2D eigenvalue weighted by Gasteiger charge is 2.49. The second-order valence-electron chi connectivity index (χ2n) is 18.2. The van der Waals surface area contributed by atoms with Crippen LogP contribution < -0.4 is 0 Å². The number of rotatable bonds is 9. The number of hydrogen-bond acceptors (Lipinski definition) is 5. The van der Waals surface area contributed by atoms with Crippen molar-refractivity contribution in [3.05, 3.63) is 222 Å². The first kappa shape index (κ1) is 39.5. The smallest absolute Gasteiger partial charge is 0.164 e. The molecule has 2 aliphatic heterocycles. The van der Waals surface area contributed by atoms with E-state index in [1.54, 1.807) is 0 Å². The van der Waals surface area contributed by atoms with E-state index in [2.05, 4.69) is 182 Å². The first-order valence-electron chi connectivity index (χ1n) is 23.4. The molecule has 0 N–H and O–H groups in total. The van der Waals surface area contributed by atoms with Crippen molar-refractivity contribution in [2.45, 2.75) is 76.5 Å². The van der Waals surface area contributed by atoms with Crippen LogP contribution in [0.25, 0.3) is 22.5 Å². The van der Waals surface area contributed by atoms with Gasteiger partial charge in [0.05, 0.1) is 12.1 Å². The molecule has 7 atom stereocenters. The highest BCUT2D eigenvalue weighted by Crippen LogP contribution is 2.53. The minimum Gasteiger partial charge on any atom is -0.489 e. The molecule has 1 aromatic carbocycles. The molecule has 3 heterocycles. The van der Waals surface area contributed by atoms with Gasteiger partial charge in [0, 0.05) is 34.9 Å². The molecule has 63 heavy (non-hydrogen) atoms. The van der Waals surface area contributed by atoms with E-state index in [9.17, 15) is 0 Å². The Morgan fingerprint density at radius 1 is 0.762 bits per heavy atom. The van der Waals surface area contributed by atoms with Gasteiger partial charge in [0.1, 0.15) is 11.9 Å². The van der Waals surface area contributed by atoms with Gasteiger partial charge in [0.2, 0.25) is 0 Å². The molecule has 0 bridgehead atoms. The van der Waals surface area contributed by atoms with E-state index in [1.807, 2.05) is 6.07 Å². The Hall–Kier alpha value is -6.33. The number of allylic oxidation sites excluding steroid dienone is 24. The first-order valence-corrected chi connectivity index (χ1v) is 23.4. The van der Waals surface area contributed by atoms with Gasteiger partial charge in [-0.2, -0.15) is 0 Å². The molecule has 9 aliphatic rings. The lowest BCUT2D eigenvalue weighted by Gasteiger charge is -2.36. The lowest BCUT2D eigenvalue weighted by atomic mass is 9.74. The molecule has 7 unspecified atom stereocenters.